The van der Waals surface area contributed by atoms with Crippen LogP contribution in [0.4, 0.5) is 10.1 Å². The molecule has 2 aromatic rings. The van der Waals surface area contributed by atoms with Crippen molar-refractivity contribution in [3.05, 3.63) is 47.0 Å². The maximum absolute atomic E-state index is 13.6. The summed E-state index contributed by atoms with van der Waals surface area (Å²) < 4.78 is 20.7. The maximum atomic E-state index is 13.6. The highest BCUT2D eigenvalue weighted by atomic mass is 19.1. The van der Waals surface area contributed by atoms with Gasteiger partial charge in [0, 0.05) is 17.8 Å². The molecular formula is C20H26FN3O3. The van der Waals surface area contributed by atoms with Crippen molar-refractivity contribution in [1.29, 1.82) is 0 Å². The number of aromatic nitrogens is 2. The van der Waals surface area contributed by atoms with Gasteiger partial charge in [0.05, 0.1) is 17.8 Å². The first-order valence-electron chi connectivity index (χ1n) is 8.96. The summed E-state index contributed by atoms with van der Waals surface area (Å²) in [5.74, 6) is -1.23. The number of ether oxygens (including phenoxy) is 1. The van der Waals surface area contributed by atoms with E-state index in [2.05, 4.69) is 24.3 Å². The van der Waals surface area contributed by atoms with Gasteiger partial charge in [0.15, 0.2) is 6.10 Å². The predicted molar refractivity (Wildman–Crippen MR) is 101 cm³/mol. The average Bonchev–Trinajstić information content (AvgIpc) is 2.83. The fraction of sp³-hybridized carbons (Fsp3) is 0.450. The van der Waals surface area contributed by atoms with Crippen LogP contribution in [0.25, 0.3) is 0 Å². The molecule has 1 aromatic heterocycles. The lowest BCUT2D eigenvalue weighted by Crippen LogP contribution is -2.30. The van der Waals surface area contributed by atoms with E-state index in [9.17, 15) is 14.0 Å². The Hall–Kier alpha value is -2.70. The minimum absolute atomic E-state index is 0.0348. The number of hydrogen-bond donors (Lipinski definition) is 1. The van der Waals surface area contributed by atoms with Gasteiger partial charge in [0.2, 0.25) is 0 Å². The molecule has 0 bridgehead atoms. The molecule has 1 N–H and O–H groups in total. The Balaban J connectivity index is 1.98. The Labute approximate surface area is 158 Å². The molecule has 27 heavy (non-hydrogen) atoms. The van der Waals surface area contributed by atoms with E-state index < -0.39 is 23.8 Å². The summed E-state index contributed by atoms with van der Waals surface area (Å²) in [7, 11) is 0. The molecule has 1 aromatic carbocycles. The lowest BCUT2D eigenvalue weighted by atomic mass is 10.1. The van der Waals surface area contributed by atoms with Crippen LogP contribution in [0.2, 0.25) is 0 Å². The fourth-order valence-corrected chi connectivity index (χ4v) is 2.75. The molecule has 0 spiro atoms. The number of rotatable bonds is 7. The van der Waals surface area contributed by atoms with Crippen LogP contribution in [0.1, 0.15) is 37.7 Å². The molecule has 1 amide bonds. The van der Waals surface area contributed by atoms with Crippen LogP contribution in [0, 0.1) is 25.6 Å². The lowest BCUT2D eigenvalue weighted by molar-refractivity contribution is -0.152. The van der Waals surface area contributed by atoms with E-state index in [1.165, 1.54) is 25.1 Å². The van der Waals surface area contributed by atoms with Crippen LogP contribution in [0.3, 0.4) is 0 Å². The van der Waals surface area contributed by atoms with Gasteiger partial charge < -0.3 is 10.1 Å². The van der Waals surface area contributed by atoms with Gasteiger partial charge in [-0.3, -0.25) is 14.3 Å². The third kappa shape index (κ3) is 5.39. The van der Waals surface area contributed by atoms with Gasteiger partial charge in [-0.1, -0.05) is 26.0 Å². The summed E-state index contributed by atoms with van der Waals surface area (Å²) in [4.78, 5) is 24.4. The van der Waals surface area contributed by atoms with Crippen LogP contribution < -0.4 is 5.32 Å². The zero-order valence-electron chi connectivity index (χ0n) is 16.4. The number of esters is 1. The van der Waals surface area contributed by atoms with Gasteiger partial charge in [0.1, 0.15) is 5.82 Å². The van der Waals surface area contributed by atoms with Gasteiger partial charge in [-0.15, -0.1) is 0 Å². The van der Waals surface area contributed by atoms with Crippen molar-refractivity contribution in [2.75, 3.05) is 5.32 Å². The van der Waals surface area contributed by atoms with E-state index in [4.69, 9.17) is 4.74 Å². The van der Waals surface area contributed by atoms with Gasteiger partial charge in [-0.2, -0.15) is 5.10 Å². The molecule has 0 aliphatic heterocycles. The molecule has 0 fully saturated rings. The Morgan fingerprint density at radius 3 is 2.52 bits per heavy atom. The highest BCUT2D eigenvalue weighted by molar-refractivity contribution is 5.95. The van der Waals surface area contributed by atoms with Crippen LogP contribution in [-0.2, 0) is 27.3 Å². The first-order chi connectivity index (χ1) is 12.7. The van der Waals surface area contributed by atoms with Crippen LogP contribution in [0.15, 0.2) is 24.3 Å². The van der Waals surface area contributed by atoms with Crippen molar-refractivity contribution >= 4 is 17.6 Å². The van der Waals surface area contributed by atoms with Crippen molar-refractivity contribution in [3.8, 4) is 0 Å². The van der Waals surface area contributed by atoms with Gasteiger partial charge in [-0.25, -0.2) is 4.39 Å². The summed E-state index contributed by atoms with van der Waals surface area (Å²) in [6.45, 7) is 10.2. The van der Waals surface area contributed by atoms with Crippen molar-refractivity contribution in [1.82, 2.24) is 9.78 Å². The first kappa shape index (κ1) is 20.6. The fourth-order valence-electron chi connectivity index (χ4n) is 2.75. The number of carbonyl (C=O) groups excluding carboxylic acids is 2. The van der Waals surface area contributed by atoms with Crippen LogP contribution in [0.5, 0.6) is 0 Å². The van der Waals surface area contributed by atoms with Crippen LogP contribution >= 0.6 is 0 Å². The van der Waals surface area contributed by atoms with Crippen molar-refractivity contribution < 1.29 is 18.7 Å². The molecule has 1 heterocycles. The van der Waals surface area contributed by atoms with Crippen molar-refractivity contribution in [2.24, 2.45) is 5.92 Å². The number of carbonyl (C=O) groups is 2. The molecule has 2 rings (SSSR count). The van der Waals surface area contributed by atoms with E-state index >= 15 is 0 Å². The molecule has 146 valence electrons. The highest BCUT2D eigenvalue weighted by Gasteiger charge is 2.22. The summed E-state index contributed by atoms with van der Waals surface area (Å²) >= 11 is 0. The normalized spacial score (nSPS) is 12.1. The topological polar surface area (TPSA) is 73.2 Å². The van der Waals surface area contributed by atoms with Gasteiger partial charge in [-0.05, 0) is 38.8 Å². The van der Waals surface area contributed by atoms with E-state index in [0.29, 0.717) is 5.92 Å². The Bertz CT molecular complexity index is 830. The molecule has 0 saturated heterocycles. The molecule has 0 saturated carbocycles. The van der Waals surface area contributed by atoms with Gasteiger partial charge >= 0.3 is 5.97 Å². The quantitative estimate of drug-likeness (QED) is 0.753. The van der Waals surface area contributed by atoms with Crippen LogP contribution in [-0.4, -0.2) is 27.8 Å². The monoisotopic (exact) mass is 375 g/mol. The third-order valence-electron chi connectivity index (χ3n) is 4.20. The second-order valence-corrected chi connectivity index (χ2v) is 7.00. The minimum atomic E-state index is -1.04. The zero-order chi connectivity index (χ0) is 20.1. The third-order valence-corrected chi connectivity index (χ3v) is 4.20. The molecule has 0 unspecified atom stereocenters. The number of nitrogens with zero attached hydrogens (tertiary/aromatic N) is 2. The summed E-state index contributed by atoms with van der Waals surface area (Å²) in [6.07, 6.45) is -1.00. The number of benzene rings is 1. The van der Waals surface area contributed by atoms with E-state index in [-0.39, 0.29) is 12.1 Å². The Morgan fingerprint density at radius 2 is 1.89 bits per heavy atom. The minimum Gasteiger partial charge on any atom is -0.452 e. The zero-order valence-corrected chi connectivity index (χ0v) is 16.4. The molecule has 0 aliphatic carbocycles. The molecular weight excluding hydrogens is 349 g/mol. The first-order valence-corrected chi connectivity index (χ1v) is 8.96. The molecule has 1 atom stereocenters. The second kappa shape index (κ2) is 8.79. The number of anilines is 1. The summed E-state index contributed by atoms with van der Waals surface area (Å²) in [6, 6.07) is 5.82. The number of nitrogens with one attached hydrogen (secondary N) is 1. The highest BCUT2D eigenvalue weighted by Crippen LogP contribution is 2.17. The van der Waals surface area contributed by atoms with E-state index in [0.717, 1.165) is 23.5 Å². The van der Waals surface area contributed by atoms with Crippen molar-refractivity contribution in [3.63, 3.8) is 0 Å². The largest absolute Gasteiger partial charge is 0.452 e. The number of para-hydroxylation sites is 1. The van der Waals surface area contributed by atoms with E-state index in [1.54, 1.807) is 6.07 Å². The average molecular weight is 375 g/mol. The second-order valence-electron chi connectivity index (χ2n) is 7.00. The van der Waals surface area contributed by atoms with Crippen molar-refractivity contribution in [2.45, 2.75) is 53.7 Å². The Morgan fingerprint density at radius 1 is 1.22 bits per heavy atom. The number of aryl methyl sites for hydroxylation is 1. The summed E-state index contributed by atoms with van der Waals surface area (Å²) in [5.41, 5.74) is 2.55. The molecule has 0 aliphatic rings. The van der Waals surface area contributed by atoms with Gasteiger partial charge in [0.25, 0.3) is 5.91 Å². The lowest BCUT2D eigenvalue weighted by Gasteiger charge is -2.14. The number of halogens is 1. The molecule has 0 radical (unpaired) electrons. The summed E-state index contributed by atoms with van der Waals surface area (Å²) in [5, 5.41) is 6.89. The molecule has 7 heteroatoms. The number of amides is 1. The standard InChI is InChI=1S/C20H26FN3O3/c1-12(2)11-24-14(4)16(13(3)23-24)10-19(25)27-15(5)20(26)22-18-9-7-6-8-17(18)21/h6-9,12,15H,10-11H2,1-5H3,(H,22,26)/t15-/m1/s1. The Kier molecular flexibility index (Phi) is 6.71. The van der Waals surface area contributed by atoms with E-state index in [1.807, 2.05) is 18.5 Å². The molecule has 6 nitrogen and oxygen atoms in total. The SMILES string of the molecule is Cc1nn(CC(C)C)c(C)c1CC(=O)O[C@H](C)C(=O)Nc1ccccc1F. The smallest absolute Gasteiger partial charge is 0.311 e. The maximum Gasteiger partial charge on any atom is 0.311 e. The number of hydrogen-bond acceptors (Lipinski definition) is 4. The predicted octanol–water partition coefficient (Wildman–Crippen LogP) is 3.41.